The second-order valence-electron chi connectivity index (χ2n) is 5.33. The Morgan fingerprint density at radius 1 is 1.25 bits per heavy atom. The Morgan fingerprint density at radius 2 is 2.00 bits per heavy atom. The molecular formula is C16H23N3O. The normalized spacial score (nSPS) is 11.1. The number of rotatable bonds is 5. The van der Waals surface area contributed by atoms with E-state index in [2.05, 4.69) is 30.2 Å². The molecule has 0 saturated heterocycles. The van der Waals surface area contributed by atoms with Gasteiger partial charge in [-0.2, -0.15) is 5.10 Å². The third-order valence-corrected chi connectivity index (χ3v) is 3.08. The molecule has 1 aromatic heterocycles. The molecule has 0 radical (unpaired) electrons. The van der Waals surface area contributed by atoms with Crippen LogP contribution in [0.4, 0.5) is 0 Å². The van der Waals surface area contributed by atoms with Crippen molar-refractivity contribution < 1.29 is 4.74 Å². The number of hydrogen-bond acceptors (Lipinski definition) is 3. The van der Waals surface area contributed by atoms with Gasteiger partial charge in [-0.25, -0.2) is 0 Å². The Balaban J connectivity index is 2.36. The Bertz CT molecular complexity index is 587. The van der Waals surface area contributed by atoms with Crippen LogP contribution in [0.2, 0.25) is 0 Å². The molecule has 0 saturated carbocycles. The fourth-order valence-electron chi connectivity index (χ4n) is 2.27. The van der Waals surface area contributed by atoms with E-state index < -0.39 is 0 Å². The van der Waals surface area contributed by atoms with Crippen molar-refractivity contribution in [3.05, 3.63) is 35.5 Å². The zero-order valence-corrected chi connectivity index (χ0v) is 12.7. The van der Waals surface area contributed by atoms with Gasteiger partial charge in [-0.1, -0.05) is 0 Å². The molecule has 0 atom stereocenters. The molecule has 0 amide bonds. The summed E-state index contributed by atoms with van der Waals surface area (Å²) in [6.45, 7) is 9.45. The SMILES string of the molecule is Cc1cc(-c2ccc(OC(C)C)c(C)c2)n(CCN)n1. The van der Waals surface area contributed by atoms with Gasteiger partial charge in [0.15, 0.2) is 0 Å². The van der Waals surface area contributed by atoms with Crippen molar-refractivity contribution in [3.63, 3.8) is 0 Å². The van der Waals surface area contributed by atoms with Crippen LogP contribution >= 0.6 is 0 Å². The summed E-state index contributed by atoms with van der Waals surface area (Å²) in [6.07, 6.45) is 0.185. The van der Waals surface area contributed by atoms with Crippen LogP contribution < -0.4 is 10.5 Å². The third-order valence-electron chi connectivity index (χ3n) is 3.08. The standard InChI is InChI=1S/C16H23N3O/c1-11(2)20-16-6-5-14(9-12(16)3)15-10-13(4)18-19(15)8-7-17/h5-6,9-11H,7-8,17H2,1-4H3. The molecule has 0 spiro atoms. The Kier molecular flexibility index (Phi) is 4.45. The van der Waals surface area contributed by atoms with Crippen LogP contribution in [0.1, 0.15) is 25.1 Å². The van der Waals surface area contributed by atoms with Crippen molar-refractivity contribution in [2.24, 2.45) is 5.73 Å². The molecule has 0 bridgehead atoms. The number of ether oxygens (including phenoxy) is 1. The molecule has 0 aliphatic rings. The molecule has 0 unspecified atom stereocenters. The topological polar surface area (TPSA) is 53.1 Å². The summed E-state index contributed by atoms with van der Waals surface area (Å²) < 4.78 is 7.74. The second-order valence-corrected chi connectivity index (χ2v) is 5.33. The highest BCUT2D eigenvalue weighted by Crippen LogP contribution is 2.27. The first-order chi connectivity index (χ1) is 9.51. The van der Waals surface area contributed by atoms with E-state index in [0.29, 0.717) is 6.54 Å². The lowest BCUT2D eigenvalue weighted by atomic mass is 10.1. The maximum Gasteiger partial charge on any atom is 0.122 e. The molecule has 2 aromatic rings. The van der Waals surface area contributed by atoms with E-state index >= 15 is 0 Å². The lowest BCUT2D eigenvalue weighted by Gasteiger charge is -2.14. The number of nitrogens with two attached hydrogens (primary N) is 1. The molecule has 2 rings (SSSR count). The lowest BCUT2D eigenvalue weighted by Crippen LogP contribution is -2.12. The van der Waals surface area contributed by atoms with E-state index in [-0.39, 0.29) is 6.10 Å². The molecule has 1 aromatic carbocycles. The van der Waals surface area contributed by atoms with Gasteiger partial charge in [0.2, 0.25) is 0 Å². The molecule has 20 heavy (non-hydrogen) atoms. The van der Waals surface area contributed by atoms with E-state index in [4.69, 9.17) is 10.5 Å². The first-order valence-corrected chi connectivity index (χ1v) is 7.03. The fraction of sp³-hybridized carbons (Fsp3) is 0.438. The summed E-state index contributed by atoms with van der Waals surface area (Å²) in [5.74, 6) is 0.936. The minimum atomic E-state index is 0.185. The predicted octanol–water partition coefficient (Wildman–Crippen LogP) is 2.91. The van der Waals surface area contributed by atoms with Crippen LogP contribution in [-0.2, 0) is 6.54 Å². The summed E-state index contributed by atoms with van der Waals surface area (Å²) >= 11 is 0. The van der Waals surface area contributed by atoms with Gasteiger partial charge in [-0.05, 0) is 57.5 Å². The van der Waals surface area contributed by atoms with E-state index in [1.807, 2.05) is 31.5 Å². The maximum atomic E-state index is 5.78. The van der Waals surface area contributed by atoms with Crippen LogP contribution in [0.5, 0.6) is 5.75 Å². The van der Waals surface area contributed by atoms with E-state index in [9.17, 15) is 0 Å². The highest BCUT2D eigenvalue weighted by Gasteiger charge is 2.10. The summed E-state index contributed by atoms with van der Waals surface area (Å²) in [6, 6.07) is 8.34. The summed E-state index contributed by atoms with van der Waals surface area (Å²) in [7, 11) is 0. The monoisotopic (exact) mass is 273 g/mol. The first kappa shape index (κ1) is 14.6. The van der Waals surface area contributed by atoms with Gasteiger partial charge in [0, 0.05) is 12.1 Å². The summed E-state index contributed by atoms with van der Waals surface area (Å²) in [4.78, 5) is 0. The van der Waals surface area contributed by atoms with Crippen LogP contribution in [0.15, 0.2) is 24.3 Å². The largest absolute Gasteiger partial charge is 0.491 e. The second kappa shape index (κ2) is 6.09. The molecule has 108 valence electrons. The van der Waals surface area contributed by atoms with Crippen molar-refractivity contribution in [3.8, 4) is 17.0 Å². The minimum absolute atomic E-state index is 0.185. The van der Waals surface area contributed by atoms with Gasteiger partial charge in [0.05, 0.1) is 24.0 Å². The Hall–Kier alpha value is -1.81. The van der Waals surface area contributed by atoms with Crippen molar-refractivity contribution in [2.45, 2.75) is 40.3 Å². The third kappa shape index (κ3) is 3.20. The average Bonchev–Trinajstić information content (AvgIpc) is 2.73. The van der Waals surface area contributed by atoms with Crippen molar-refractivity contribution in [1.29, 1.82) is 0 Å². The van der Waals surface area contributed by atoms with Crippen LogP contribution in [-0.4, -0.2) is 22.4 Å². The van der Waals surface area contributed by atoms with Crippen molar-refractivity contribution in [1.82, 2.24) is 9.78 Å². The lowest BCUT2D eigenvalue weighted by molar-refractivity contribution is 0.241. The van der Waals surface area contributed by atoms with Gasteiger partial charge in [-0.15, -0.1) is 0 Å². The van der Waals surface area contributed by atoms with Crippen LogP contribution in [0.25, 0.3) is 11.3 Å². The highest BCUT2D eigenvalue weighted by atomic mass is 16.5. The predicted molar refractivity (Wildman–Crippen MR) is 82.0 cm³/mol. The van der Waals surface area contributed by atoms with Gasteiger partial charge in [0.25, 0.3) is 0 Å². The molecule has 0 aliphatic carbocycles. The Labute approximate surface area is 120 Å². The van der Waals surface area contributed by atoms with Crippen LogP contribution in [0.3, 0.4) is 0 Å². The quantitative estimate of drug-likeness (QED) is 0.911. The molecule has 4 nitrogen and oxygen atoms in total. The van der Waals surface area contributed by atoms with Gasteiger partial charge < -0.3 is 10.5 Å². The minimum Gasteiger partial charge on any atom is -0.491 e. The molecule has 4 heteroatoms. The van der Waals surface area contributed by atoms with E-state index in [1.54, 1.807) is 0 Å². The molecular weight excluding hydrogens is 250 g/mol. The van der Waals surface area contributed by atoms with Crippen molar-refractivity contribution >= 4 is 0 Å². The van der Waals surface area contributed by atoms with Gasteiger partial charge in [0.1, 0.15) is 5.75 Å². The highest BCUT2D eigenvalue weighted by molar-refractivity contribution is 5.62. The molecule has 2 N–H and O–H groups in total. The summed E-state index contributed by atoms with van der Waals surface area (Å²) in [5, 5.41) is 4.48. The van der Waals surface area contributed by atoms with Gasteiger partial charge in [-0.3, -0.25) is 4.68 Å². The zero-order valence-electron chi connectivity index (χ0n) is 12.7. The average molecular weight is 273 g/mol. The number of aryl methyl sites for hydroxylation is 2. The van der Waals surface area contributed by atoms with E-state index in [1.165, 1.54) is 0 Å². The number of aromatic nitrogens is 2. The zero-order chi connectivity index (χ0) is 14.7. The molecule has 1 heterocycles. The maximum absolute atomic E-state index is 5.78. The number of benzene rings is 1. The smallest absolute Gasteiger partial charge is 0.122 e. The first-order valence-electron chi connectivity index (χ1n) is 7.03. The van der Waals surface area contributed by atoms with Crippen LogP contribution in [0, 0.1) is 13.8 Å². The number of hydrogen-bond donors (Lipinski definition) is 1. The van der Waals surface area contributed by atoms with E-state index in [0.717, 1.165) is 34.8 Å². The Morgan fingerprint density at radius 3 is 2.60 bits per heavy atom. The van der Waals surface area contributed by atoms with Crippen molar-refractivity contribution in [2.75, 3.05) is 6.54 Å². The number of nitrogens with zero attached hydrogens (tertiary/aromatic N) is 2. The summed E-state index contributed by atoms with van der Waals surface area (Å²) in [5.41, 5.74) is 10.0. The molecule has 0 aliphatic heterocycles. The molecule has 0 fully saturated rings. The van der Waals surface area contributed by atoms with Gasteiger partial charge >= 0.3 is 0 Å². The fourth-order valence-corrected chi connectivity index (χ4v) is 2.27.